The highest BCUT2D eigenvalue weighted by molar-refractivity contribution is 6.42. The molecule has 0 fully saturated rings. The fraction of sp³-hybridized carbons (Fsp3) is 0.176. The number of halogens is 2. The summed E-state index contributed by atoms with van der Waals surface area (Å²) >= 11 is 12.0. The lowest BCUT2D eigenvalue weighted by molar-refractivity contribution is -0.384. The Morgan fingerprint density at radius 1 is 1.12 bits per heavy atom. The zero-order chi connectivity index (χ0) is 18.0. The van der Waals surface area contributed by atoms with Crippen molar-refractivity contribution < 1.29 is 9.72 Å². The van der Waals surface area contributed by atoms with E-state index < -0.39 is 4.92 Å². The largest absolute Gasteiger partial charge is 0.273 e. The molecule has 0 aromatic heterocycles. The Labute approximate surface area is 153 Å². The van der Waals surface area contributed by atoms with Gasteiger partial charge in [-0.3, -0.25) is 14.9 Å². The number of amides is 1. The van der Waals surface area contributed by atoms with Crippen LogP contribution in [0.3, 0.4) is 0 Å². The quantitative estimate of drug-likeness (QED) is 0.581. The average Bonchev–Trinajstić information content (AvgIpc) is 2.63. The second-order valence-electron chi connectivity index (χ2n) is 5.51. The molecule has 0 aliphatic carbocycles. The Bertz CT molecular complexity index is 866. The number of hydrogen-bond donors (Lipinski definition) is 0. The van der Waals surface area contributed by atoms with Crippen molar-refractivity contribution in [3.8, 4) is 0 Å². The van der Waals surface area contributed by atoms with Gasteiger partial charge in [-0.15, -0.1) is 0 Å². The number of nitrogens with zero attached hydrogens (tertiary/aromatic N) is 3. The summed E-state index contributed by atoms with van der Waals surface area (Å²) in [7, 11) is 0. The normalized spacial score (nSPS) is 14.2. The van der Waals surface area contributed by atoms with Crippen LogP contribution in [0.25, 0.3) is 0 Å². The maximum Gasteiger partial charge on any atom is 0.273 e. The third kappa shape index (κ3) is 3.81. The van der Waals surface area contributed by atoms with E-state index in [0.717, 1.165) is 24.1 Å². The van der Waals surface area contributed by atoms with Gasteiger partial charge in [0, 0.05) is 24.2 Å². The molecule has 3 rings (SSSR count). The molecule has 128 valence electrons. The highest BCUT2D eigenvalue weighted by atomic mass is 35.5. The molecule has 6 nitrogen and oxygen atoms in total. The fourth-order valence-corrected chi connectivity index (χ4v) is 2.84. The Morgan fingerprint density at radius 2 is 1.84 bits per heavy atom. The van der Waals surface area contributed by atoms with Crippen molar-refractivity contribution in [1.82, 2.24) is 5.01 Å². The minimum Gasteiger partial charge on any atom is -0.267 e. The average molecular weight is 378 g/mol. The predicted octanol–water partition coefficient (Wildman–Crippen LogP) is 4.54. The van der Waals surface area contributed by atoms with Gasteiger partial charge in [0.25, 0.3) is 11.6 Å². The molecule has 1 amide bonds. The van der Waals surface area contributed by atoms with Gasteiger partial charge in [0.1, 0.15) is 0 Å². The number of carbonyl (C=O) groups excluding carboxylic acids is 1. The van der Waals surface area contributed by atoms with Crippen LogP contribution in [0, 0.1) is 10.1 Å². The van der Waals surface area contributed by atoms with Gasteiger partial charge in [0.2, 0.25) is 0 Å². The van der Waals surface area contributed by atoms with Crippen molar-refractivity contribution in [3.05, 3.63) is 73.8 Å². The van der Waals surface area contributed by atoms with E-state index in [1.54, 1.807) is 12.1 Å². The molecule has 2 aromatic rings. The highest BCUT2D eigenvalue weighted by Crippen LogP contribution is 2.25. The van der Waals surface area contributed by atoms with Crippen molar-refractivity contribution in [3.63, 3.8) is 0 Å². The summed E-state index contributed by atoms with van der Waals surface area (Å²) < 4.78 is 0. The lowest BCUT2D eigenvalue weighted by Crippen LogP contribution is -2.32. The minimum atomic E-state index is -0.504. The van der Waals surface area contributed by atoms with Gasteiger partial charge in [0.05, 0.1) is 20.7 Å². The number of carbonyl (C=O) groups is 1. The zero-order valence-corrected chi connectivity index (χ0v) is 14.5. The number of nitro groups is 1. The van der Waals surface area contributed by atoms with Gasteiger partial charge in [-0.05, 0) is 42.7 Å². The van der Waals surface area contributed by atoms with E-state index in [9.17, 15) is 14.9 Å². The van der Waals surface area contributed by atoms with Crippen LogP contribution < -0.4 is 0 Å². The standard InChI is InChI=1S/C17H13Cl2N3O3/c18-14-8-5-12(10-15(14)19)16-2-1-9-21(20-16)17(23)11-3-6-13(7-4-11)22(24)25/h3-8,10H,1-2,9H2. The van der Waals surface area contributed by atoms with Crippen LogP contribution in [-0.4, -0.2) is 28.1 Å². The molecule has 8 heteroatoms. The summed E-state index contributed by atoms with van der Waals surface area (Å²) in [6, 6.07) is 10.7. The van der Waals surface area contributed by atoms with Crippen molar-refractivity contribution >= 4 is 40.5 Å². The first-order chi connectivity index (χ1) is 12.0. The summed E-state index contributed by atoms with van der Waals surface area (Å²) in [5.41, 5.74) is 1.86. The minimum absolute atomic E-state index is 0.0600. The maximum absolute atomic E-state index is 12.6. The van der Waals surface area contributed by atoms with Gasteiger partial charge in [-0.25, -0.2) is 5.01 Å². The fourth-order valence-electron chi connectivity index (χ4n) is 2.54. The summed E-state index contributed by atoms with van der Waals surface area (Å²) in [5, 5.41) is 17.4. The van der Waals surface area contributed by atoms with Crippen molar-refractivity contribution in [2.24, 2.45) is 5.10 Å². The summed E-state index contributed by atoms with van der Waals surface area (Å²) in [4.78, 5) is 22.8. The summed E-state index contributed by atoms with van der Waals surface area (Å²) in [6.07, 6.45) is 1.49. The summed E-state index contributed by atoms with van der Waals surface area (Å²) in [5.74, 6) is -0.299. The molecule has 0 unspecified atom stereocenters. The number of hydrazone groups is 1. The molecule has 0 spiro atoms. The molecule has 0 saturated heterocycles. The molecule has 0 bridgehead atoms. The molecule has 1 heterocycles. The number of nitro benzene ring substituents is 1. The maximum atomic E-state index is 12.6. The van der Waals surface area contributed by atoms with Crippen LogP contribution >= 0.6 is 23.2 Å². The van der Waals surface area contributed by atoms with E-state index in [0.29, 0.717) is 22.2 Å². The van der Waals surface area contributed by atoms with E-state index >= 15 is 0 Å². The van der Waals surface area contributed by atoms with Crippen LogP contribution in [0.5, 0.6) is 0 Å². The SMILES string of the molecule is O=C(c1ccc([N+](=O)[O-])cc1)N1CCCC(c2ccc(Cl)c(Cl)c2)=N1. The van der Waals surface area contributed by atoms with Crippen LogP contribution in [-0.2, 0) is 0 Å². The van der Waals surface area contributed by atoms with Gasteiger partial charge in [-0.2, -0.15) is 5.10 Å². The van der Waals surface area contributed by atoms with Crippen molar-refractivity contribution in [1.29, 1.82) is 0 Å². The molecule has 1 aliphatic heterocycles. The number of benzene rings is 2. The van der Waals surface area contributed by atoms with E-state index in [1.165, 1.54) is 29.3 Å². The molecule has 2 aromatic carbocycles. The van der Waals surface area contributed by atoms with Crippen molar-refractivity contribution in [2.45, 2.75) is 12.8 Å². The number of hydrogen-bond acceptors (Lipinski definition) is 4. The first-order valence-electron chi connectivity index (χ1n) is 7.55. The molecular formula is C17H13Cl2N3O3. The van der Waals surface area contributed by atoms with Crippen molar-refractivity contribution in [2.75, 3.05) is 6.54 Å². The smallest absolute Gasteiger partial charge is 0.267 e. The third-order valence-electron chi connectivity index (χ3n) is 3.84. The van der Waals surface area contributed by atoms with Gasteiger partial charge >= 0.3 is 0 Å². The Morgan fingerprint density at radius 3 is 2.48 bits per heavy atom. The predicted molar refractivity (Wildman–Crippen MR) is 96.4 cm³/mol. The number of rotatable bonds is 3. The molecule has 0 saturated carbocycles. The lowest BCUT2D eigenvalue weighted by atomic mass is 10.0. The first-order valence-corrected chi connectivity index (χ1v) is 8.30. The number of non-ortho nitro benzene ring substituents is 1. The molecule has 25 heavy (non-hydrogen) atoms. The van der Waals surface area contributed by atoms with Gasteiger partial charge < -0.3 is 0 Å². The second-order valence-corrected chi connectivity index (χ2v) is 6.33. The monoisotopic (exact) mass is 377 g/mol. The summed E-state index contributed by atoms with van der Waals surface area (Å²) in [6.45, 7) is 0.487. The molecule has 0 radical (unpaired) electrons. The second kappa shape index (κ2) is 7.21. The molecular weight excluding hydrogens is 365 g/mol. The highest BCUT2D eigenvalue weighted by Gasteiger charge is 2.21. The Hall–Kier alpha value is -2.44. The molecule has 0 N–H and O–H groups in total. The van der Waals surface area contributed by atoms with E-state index in [-0.39, 0.29) is 11.6 Å². The van der Waals surface area contributed by atoms with E-state index in [1.807, 2.05) is 6.07 Å². The first kappa shape index (κ1) is 17.4. The zero-order valence-electron chi connectivity index (χ0n) is 13.0. The Balaban J connectivity index is 1.85. The van der Waals surface area contributed by atoms with Gasteiger partial charge in [0.15, 0.2) is 0 Å². The Kier molecular flexibility index (Phi) is 5.01. The molecule has 1 aliphatic rings. The van der Waals surface area contributed by atoms with Gasteiger partial charge in [-0.1, -0.05) is 29.3 Å². The molecule has 0 atom stereocenters. The topological polar surface area (TPSA) is 75.8 Å². The van der Waals surface area contributed by atoms with Crippen LogP contribution in [0.1, 0.15) is 28.8 Å². The van der Waals surface area contributed by atoms with E-state index in [4.69, 9.17) is 23.2 Å². The lowest BCUT2D eigenvalue weighted by Gasteiger charge is -2.24. The van der Waals surface area contributed by atoms with Crippen LogP contribution in [0.15, 0.2) is 47.6 Å². The van der Waals surface area contributed by atoms with Crippen LogP contribution in [0.2, 0.25) is 10.0 Å². The third-order valence-corrected chi connectivity index (χ3v) is 4.58. The van der Waals surface area contributed by atoms with Crippen LogP contribution in [0.4, 0.5) is 5.69 Å². The van der Waals surface area contributed by atoms with E-state index in [2.05, 4.69) is 5.10 Å².